The number of aromatic nitrogens is 3. The highest BCUT2D eigenvalue weighted by Crippen LogP contribution is 2.28. The number of halogens is 3. The van der Waals surface area contributed by atoms with Crippen LogP contribution in [0, 0.1) is 0 Å². The second-order valence-electron chi connectivity index (χ2n) is 6.30. The Hall–Kier alpha value is -3.63. The van der Waals surface area contributed by atoms with Crippen LogP contribution in [0.3, 0.4) is 0 Å². The number of nitrogens with one attached hydrogen (secondary N) is 1. The predicted octanol–water partition coefficient (Wildman–Crippen LogP) is 2.15. The van der Waals surface area contributed by atoms with Gasteiger partial charge in [0.25, 0.3) is 5.56 Å². The Bertz CT molecular complexity index is 1210. The molecule has 2 heterocycles. The number of aryl methyl sites for hydroxylation is 1. The van der Waals surface area contributed by atoms with Gasteiger partial charge in [-0.05, 0) is 43.3 Å². The van der Waals surface area contributed by atoms with Crippen molar-refractivity contribution < 1.29 is 22.7 Å². The SMILES string of the molecule is CCOc1ccc(NC(=O)Cn2c(=O)c3ccc(C(F)(F)F)nc3n(C)c2=O)cc1. The third-order valence-corrected chi connectivity index (χ3v) is 4.23. The van der Waals surface area contributed by atoms with Crippen molar-refractivity contribution in [2.24, 2.45) is 7.05 Å². The molecule has 3 aromatic rings. The van der Waals surface area contributed by atoms with Crippen molar-refractivity contribution in [3.63, 3.8) is 0 Å². The van der Waals surface area contributed by atoms with E-state index in [0.717, 1.165) is 10.6 Å². The lowest BCUT2D eigenvalue weighted by atomic mass is 10.2. The van der Waals surface area contributed by atoms with Crippen molar-refractivity contribution in [1.29, 1.82) is 0 Å². The molecule has 1 amide bonds. The Labute approximate surface area is 167 Å². The second-order valence-corrected chi connectivity index (χ2v) is 6.30. The quantitative estimate of drug-likeness (QED) is 0.680. The molecule has 0 saturated carbocycles. The van der Waals surface area contributed by atoms with E-state index in [0.29, 0.717) is 28.7 Å². The van der Waals surface area contributed by atoms with Gasteiger partial charge in [-0.2, -0.15) is 13.2 Å². The number of hydrogen-bond acceptors (Lipinski definition) is 5. The van der Waals surface area contributed by atoms with Crippen LogP contribution >= 0.6 is 0 Å². The molecule has 0 spiro atoms. The number of pyridine rings is 1. The Balaban J connectivity index is 1.91. The van der Waals surface area contributed by atoms with Crippen LogP contribution in [0.15, 0.2) is 46.0 Å². The van der Waals surface area contributed by atoms with Gasteiger partial charge in [0, 0.05) is 12.7 Å². The van der Waals surface area contributed by atoms with Crippen molar-refractivity contribution in [2.45, 2.75) is 19.6 Å². The monoisotopic (exact) mass is 422 g/mol. The number of fused-ring (bicyclic) bond motifs is 1. The molecule has 0 radical (unpaired) electrons. The minimum absolute atomic E-state index is 0.209. The van der Waals surface area contributed by atoms with Gasteiger partial charge in [0.15, 0.2) is 0 Å². The third kappa shape index (κ3) is 4.19. The van der Waals surface area contributed by atoms with E-state index < -0.39 is 41.2 Å². The second kappa shape index (κ2) is 8.01. The van der Waals surface area contributed by atoms with Gasteiger partial charge in [0.05, 0.1) is 12.0 Å². The van der Waals surface area contributed by atoms with Crippen LogP contribution in [0.25, 0.3) is 11.0 Å². The summed E-state index contributed by atoms with van der Waals surface area (Å²) in [5, 5.41) is 2.33. The Morgan fingerprint density at radius 2 is 1.80 bits per heavy atom. The summed E-state index contributed by atoms with van der Waals surface area (Å²) < 4.78 is 45.4. The lowest BCUT2D eigenvalue weighted by Crippen LogP contribution is -2.42. The van der Waals surface area contributed by atoms with Crippen LogP contribution in [0.4, 0.5) is 18.9 Å². The van der Waals surface area contributed by atoms with E-state index in [1.54, 1.807) is 24.3 Å². The summed E-state index contributed by atoms with van der Waals surface area (Å²) in [6, 6.07) is 8.06. The molecule has 0 aliphatic carbocycles. The van der Waals surface area contributed by atoms with Crippen molar-refractivity contribution in [3.05, 3.63) is 62.9 Å². The first-order valence-corrected chi connectivity index (χ1v) is 8.82. The highest BCUT2D eigenvalue weighted by Gasteiger charge is 2.33. The molecule has 0 fully saturated rings. The van der Waals surface area contributed by atoms with Crippen LogP contribution in [0.5, 0.6) is 5.75 Å². The van der Waals surface area contributed by atoms with Gasteiger partial charge in [-0.25, -0.2) is 9.78 Å². The van der Waals surface area contributed by atoms with Gasteiger partial charge in [-0.3, -0.25) is 18.7 Å². The number of rotatable bonds is 5. The van der Waals surface area contributed by atoms with E-state index in [9.17, 15) is 27.6 Å². The maximum Gasteiger partial charge on any atom is 0.433 e. The summed E-state index contributed by atoms with van der Waals surface area (Å²) in [5.41, 5.74) is -3.08. The molecule has 0 saturated heterocycles. The van der Waals surface area contributed by atoms with E-state index >= 15 is 0 Å². The molecule has 30 heavy (non-hydrogen) atoms. The van der Waals surface area contributed by atoms with E-state index in [-0.39, 0.29) is 5.39 Å². The van der Waals surface area contributed by atoms with Crippen LogP contribution in [-0.2, 0) is 24.6 Å². The fraction of sp³-hybridized carbons (Fsp3) is 0.263. The third-order valence-electron chi connectivity index (χ3n) is 4.23. The molecule has 0 aliphatic rings. The Kier molecular flexibility index (Phi) is 5.63. The summed E-state index contributed by atoms with van der Waals surface area (Å²) in [5.74, 6) is -0.0431. The molecule has 3 rings (SSSR count). The molecule has 0 aliphatic heterocycles. The fourth-order valence-corrected chi connectivity index (χ4v) is 2.82. The number of benzene rings is 1. The first-order valence-electron chi connectivity index (χ1n) is 8.82. The Morgan fingerprint density at radius 1 is 1.13 bits per heavy atom. The van der Waals surface area contributed by atoms with Crippen LogP contribution in [0.2, 0.25) is 0 Å². The molecule has 1 N–H and O–H groups in total. The molecular weight excluding hydrogens is 405 g/mol. The number of ether oxygens (including phenoxy) is 1. The fourth-order valence-electron chi connectivity index (χ4n) is 2.82. The number of carbonyl (C=O) groups excluding carboxylic acids is 1. The molecule has 158 valence electrons. The maximum atomic E-state index is 12.9. The van der Waals surface area contributed by atoms with Gasteiger partial charge in [-0.1, -0.05) is 0 Å². The van der Waals surface area contributed by atoms with Gasteiger partial charge in [0.2, 0.25) is 5.91 Å². The molecule has 11 heteroatoms. The largest absolute Gasteiger partial charge is 0.494 e. The summed E-state index contributed by atoms with van der Waals surface area (Å²) >= 11 is 0. The molecule has 0 unspecified atom stereocenters. The first-order chi connectivity index (χ1) is 14.1. The topological polar surface area (TPSA) is 95.2 Å². The van der Waals surface area contributed by atoms with Crippen molar-refractivity contribution in [3.8, 4) is 5.75 Å². The maximum absolute atomic E-state index is 12.9. The van der Waals surface area contributed by atoms with Gasteiger partial charge in [-0.15, -0.1) is 0 Å². The minimum Gasteiger partial charge on any atom is -0.494 e. The van der Waals surface area contributed by atoms with E-state index in [4.69, 9.17) is 4.74 Å². The number of hydrogen-bond donors (Lipinski definition) is 1. The van der Waals surface area contributed by atoms with Gasteiger partial charge < -0.3 is 10.1 Å². The molecule has 0 atom stereocenters. The molecule has 8 nitrogen and oxygen atoms in total. The zero-order valence-electron chi connectivity index (χ0n) is 16.0. The molecule has 0 bridgehead atoms. The minimum atomic E-state index is -4.73. The molecule has 2 aromatic heterocycles. The zero-order valence-corrected chi connectivity index (χ0v) is 16.0. The summed E-state index contributed by atoms with van der Waals surface area (Å²) in [4.78, 5) is 40.8. The Morgan fingerprint density at radius 3 is 2.40 bits per heavy atom. The summed E-state index contributed by atoms with van der Waals surface area (Å²) in [7, 11) is 1.18. The van der Waals surface area contributed by atoms with Crippen molar-refractivity contribution in [1.82, 2.24) is 14.1 Å². The number of alkyl halides is 3. The standard InChI is InChI=1S/C19H17F3N4O4/c1-3-30-12-6-4-11(5-7-12)23-15(27)10-26-17(28)13-8-9-14(19(20,21)22)24-16(13)25(2)18(26)29/h4-9H,3,10H2,1-2H3,(H,23,27). The van der Waals surface area contributed by atoms with Crippen LogP contribution in [-0.4, -0.2) is 26.6 Å². The van der Waals surface area contributed by atoms with E-state index in [1.807, 2.05) is 6.92 Å². The molecule has 1 aromatic carbocycles. The summed E-state index contributed by atoms with van der Waals surface area (Å²) in [6.45, 7) is 1.70. The van der Waals surface area contributed by atoms with Gasteiger partial charge >= 0.3 is 11.9 Å². The van der Waals surface area contributed by atoms with E-state index in [2.05, 4.69) is 10.3 Å². The van der Waals surface area contributed by atoms with Crippen molar-refractivity contribution >= 4 is 22.6 Å². The van der Waals surface area contributed by atoms with Crippen LogP contribution in [0.1, 0.15) is 12.6 Å². The summed E-state index contributed by atoms with van der Waals surface area (Å²) in [6.07, 6.45) is -4.73. The van der Waals surface area contributed by atoms with Crippen LogP contribution < -0.4 is 21.3 Å². The number of anilines is 1. The van der Waals surface area contributed by atoms with E-state index in [1.165, 1.54) is 7.05 Å². The highest BCUT2D eigenvalue weighted by molar-refractivity contribution is 5.90. The average Bonchev–Trinajstić information content (AvgIpc) is 2.70. The first kappa shape index (κ1) is 21.1. The number of nitrogens with zero attached hydrogens (tertiary/aromatic N) is 3. The lowest BCUT2D eigenvalue weighted by Gasteiger charge is -2.12. The number of amides is 1. The lowest BCUT2D eigenvalue weighted by molar-refractivity contribution is -0.141. The highest BCUT2D eigenvalue weighted by atomic mass is 19.4. The molecular formula is C19H17F3N4O4. The number of carbonyl (C=O) groups is 1. The van der Waals surface area contributed by atoms with Gasteiger partial charge in [0.1, 0.15) is 23.6 Å². The predicted molar refractivity (Wildman–Crippen MR) is 102 cm³/mol. The average molecular weight is 422 g/mol. The zero-order chi connectivity index (χ0) is 22.1. The van der Waals surface area contributed by atoms with Crippen molar-refractivity contribution in [2.75, 3.05) is 11.9 Å². The smallest absolute Gasteiger partial charge is 0.433 e. The normalized spacial score (nSPS) is 11.5.